The fraction of sp³-hybridized carbons (Fsp3) is 0.455. The van der Waals surface area contributed by atoms with Crippen LogP contribution in [-0.2, 0) is 20.4 Å². The maximum absolute atomic E-state index is 11.0. The number of benzene rings is 1. The molecule has 1 aliphatic heterocycles. The van der Waals surface area contributed by atoms with Gasteiger partial charge in [0.25, 0.3) is 0 Å². The molecule has 92 valence electrons. The van der Waals surface area contributed by atoms with Crippen molar-refractivity contribution in [2.24, 2.45) is 0 Å². The van der Waals surface area contributed by atoms with Gasteiger partial charge in [0, 0.05) is 0 Å². The molecule has 6 heteroatoms. The Labute approximate surface area is 104 Å². The molecule has 2 atom stereocenters. The van der Waals surface area contributed by atoms with Crippen LogP contribution in [0.1, 0.15) is 20.8 Å². The minimum absolute atomic E-state index is 0.0178. The summed E-state index contributed by atoms with van der Waals surface area (Å²) in [5.41, 5.74) is 0.418. The summed E-state index contributed by atoms with van der Waals surface area (Å²) in [5, 5.41) is 0. The van der Waals surface area contributed by atoms with E-state index in [9.17, 15) is 4.21 Å². The molecule has 0 spiro atoms. The molecule has 2 rings (SSSR count). The Kier molecular flexibility index (Phi) is 3.40. The molecule has 1 aromatic rings. The Balaban J connectivity index is 2.25. The second-order valence-corrected chi connectivity index (χ2v) is 5.62. The van der Waals surface area contributed by atoms with Gasteiger partial charge in [-0.1, -0.05) is 12.1 Å². The van der Waals surface area contributed by atoms with Crippen LogP contribution in [-0.4, -0.2) is 27.6 Å². The van der Waals surface area contributed by atoms with Gasteiger partial charge in [0.2, 0.25) is 0 Å². The molecule has 1 aromatic carbocycles. The van der Waals surface area contributed by atoms with Gasteiger partial charge in [0.15, 0.2) is 11.1 Å². The Bertz CT molecular complexity index is 449. The third kappa shape index (κ3) is 2.60. The summed E-state index contributed by atoms with van der Waals surface area (Å²) in [6.45, 7) is 5.88. The van der Waals surface area contributed by atoms with Crippen LogP contribution >= 0.6 is 0 Å². The average Bonchev–Trinajstić information content (AvgIpc) is 2.54. The lowest BCUT2D eigenvalue weighted by atomic mass is 9.79. The Morgan fingerprint density at radius 3 is 2.71 bits per heavy atom. The number of hydrogen-bond donors (Lipinski definition) is 1. The van der Waals surface area contributed by atoms with Gasteiger partial charge in [-0.2, -0.15) is 0 Å². The highest BCUT2D eigenvalue weighted by atomic mass is 32.2. The zero-order valence-electron chi connectivity index (χ0n) is 10.0. The van der Waals surface area contributed by atoms with E-state index in [4.69, 9.17) is 13.9 Å². The molecule has 0 amide bonds. The van der Waals surface area contributed by atoms with Crippen molar-refractivity contribution in [3.8, 4) is 0 Å². The van der Waals surface area contributed by atoms with E-state index in [0.717, 1.165) is 5.46 Å². The molecule has 17 heavy (non-hydrogen) atoms. The van der Waals surface area contributed by atoms with Gasteiger partial charge in [-0.3, -0.25) is 0 Å². The zero-order valence-corrected chi connectivity index (χ0v) is 10.9. The lowest BCUT2D eigenvalue weighted by molar-refractivity contribution is 0.0842. The van der Waals surface area contributed by atoms with E-state index < -0.39 is 18.2 Å². The molecule has 0 saturated carbocycles. The van der Waals surface area contributed by atoms with Gasteiger partial charge >= 0.3 is 7.12 Å². The molecular formula is C11H15BO4S. The monoisotopic (exact) mass is 254 g/mol. The summed E-state index contributed by atoms with van der Waals surface area (Å²) in [5.74, 6) is 0. The second kappa shape index (κ2) is 4.53. The van der Waals surface area contributed by atoms with Gasteiger partial charge in [0.05, 0.1) is 16.6 Å². The molecule has 0 bridgehead atoms. The highest BCUT2D eigenvalue weighted by Gasteiger charge is 2.43. The molecule has 4 nitrogen and oxygen atoms in total. The first-order valence-electron chi connectivity index (χ1n) is 5.44. The largest absolute Gasteiger partial charge is 0.494 e. The highest BCUT2D eigenvalue weighted by molar-refractivity contribution is 7.79. The van der Waals surface area contributed by atoms with Gasteiger partial charge in [0.1, 0.15) is 0 Å². The number of rotatable bonds is 2. The maximum atomic E-state index is 11.0. The molecule has 0 aliphatic carbocycles. The second-order valence-electron chi connectivity index (χ2n) is 4.65. The molecule has 0 radical (unpaired) electrons. The summed E-state index contributed by atoms with van der Waals surface area (Å²) in [6, 6.07) is 6.79. The van der Waals surface area contributed by atoms with E-state index in [1.165, 1.54) is 0 Å². The fourth-order valence-corrected chi connectivity index (χ4v) is 2.10. The van der Waals surface area contributed by atoms with Crippen LogP contribution in [0.4, 0.5) is 0 Å². The van der Waals surface area contributed by atoms with Crippen molar-refractivity contribution in [3.05, 3.63) is 24.3 Å². The van der Waals surface area contributed by atoms with E-state index in [2.05, 4.69) is 0 Å². The van der Waals surface area contributed by atoms with Gasteiger partial charge < -0.3 is 13.9 Å². The average molecular weight is 254 g/mol. The van der Waals surface area contributed by atoms with Crippen molar-refractivity contribution < 1.29 is 18.1 Å². The van der Waals surface area contributed by atoms with Crippen LogP contribution in [0.2, 0.25) is 0 Å². The van der Waals surface area contributed by atoms with Crippen molar-refractivity contribution in [1.29, 1.82) is 0 Å². The smallest absolute Gasteiger partial charge is 0.402 e. The Morgan fingerprint density at radius 1 is 1.47 bits per heavy atom. The molecule has 1 heterocycles. The van der Waals surface area contributed by atoms with Crippen LogP contribution in [0.15, 0.2) is 29.2 Å². The first-order chi connectivity index (χ1) is 7.90. The van der Waals surface area contributed by atoms with Crippen molar-refractivity contribution in [2.45, 2.75) is 37.4 Å². The topological polar surface area (TPSA) is 55.8 Å². The van der Waals surface area contributed by atoms with E-state index in [0.29, 0.717) is 4.90 Å². The first-order valence-corrected chi connectivity index (χ1v) is 6.55. The molecule has 2 unspecified atom stereocenters. The van der Waals surface area contributed by atoms with Crippen molar-refractivity contribution in [1.82, 2.24) is 0 Å². The summed E-state index contributed by atoms with van der Waals surface area (Å²) >= 11 is -1.98. The summed E-state index contributed by atoms with van der Waals surface area (Å²) in [6.07, 6.45) is -0.0178. The molecular weight excluding hydrogens is 239 g/mol. The third-order valence-corrected chi connectivity index (χ3v) is 3.71. The SMILES string of the molecule is CC1OB(c2cccc(S(=O)O)c2)OC1(C)C. The first kappa shape index (κ1) is 12.8. The molecule has 1 aliphatic rings. The van der Waals surface area contributed by atoms with Crippen LogP contribution in [0.5, 0.6) is 0 Å². The fourth-order valence-electron chi connectivity index (χ4n) is 1.67. The van der Waals surface area contributed by atoms with Crippen LogP contribution < -0.4 is 5.46 Å². The van der Waals surface area contributed by atoms with Crippen LogP contribution in [0.3, 0.4) is 0 Å². The molecule has 1 fully saturated rings. The summed E-state index contributed by atoms with van der Waals surface area (Å²) in [7, 11) is -0.469. The van der Waals surface area contributed by atoms with E-state index in [1.54, 1.807) is 18.2 Å². The minimum Gasteiger partial charge on any atom is -0.402 e. The van der Waals surface area contributed by atoms with Crippen LogP contribution in [0.25, 0.3) is 0 Å². The lowest BCUT2D eigenvalue weighted by Crippen LogP contribution is -2.34. The molecule has 0 aromatic heterocycles. The summed E-state index contributed by atoms with van der Waals surface area (Å²) < 4.78 is 31.5. The summed E-state index contributed by atoms with van der Waals surface area (Å²) in [4.78, 5) is 0.354. The van der Waals surface area contributed by atoms with E-state index >= 15 is 0 Å². The van der Waals surface area contributed by atoms with Gasteiger partial charge in [-0.15, -0.1) is 0 Å². The molecule has 1 saturated heterocycles. The minimum atomic E-state index is -1.98. The third-order valence-electron chi connectivity index (χ3n) is 3.05. The van der Waals surface area contributed by atoms with Crippen molar-refractivity contribution in [3.63, 3.8) is 0 Å². The van der Waals surface area contributed by atoms with E-state index in [-0.39, 0.29) is 11.7 Å². The zero-order chi connectivity index (χ0) is 12.6. The van der Waals surface area contributed by atoms with Gasteiger partial charge in [-0.25, -0.2) is 4.21 Å². The Morgan fingerprint density at radius 2 is 2.18 bits per heavy atom. The Hall–Kier alpha value is -0.685. The van der Waals surface area contributed by atoms with Crippen molar-refractivity contribution in [2.75, 3.05) is 0 Å². The quantitative estimate of drug-likeness (QED) is 0.636. The highest BCUT2D eigenvalue weighted by Crippen LogP contribution is 2.26. The number of hydrogen-bond acceptors (Lipinski definition) is 3. The van der Waals surface area contributed by atoms with Crippen LogP contribution in [0, 0.1) is 0 Å². The molecule has 1 N–H and O–H groups in total. The predicted octanol–water partition coefficient (Wildman–Crippen LogP) is 1.18. The predicted molar refractivity (Wildman–Crippen MR) is 66.6 cm³/mol. The van der Waals surface area contributed by atoms with E-state index in [1.807, 2.05) is 26.8 Å². The van der Waals surface area contributed by atoms with Crippen molar-refractivity contribution >= 4 is 23.7 Å². The standard InChI is InChI=1S/C11H15BO4S/c1-8-11(2,3)16-12(15-8)9-5-4-6-10(7-9)17(13)14/h4-8H,1-3H3,(H,13,14). The van der Waals surface area contributed by atoms with Gasteiger partial charge in [-0.05, 0) is 38.4 Å². The normalized spacial score (nSPS) is 24.9. The maximum Gasteiger partial charge on any atom is 0.494 e. The lowest BCUT2D eigenvalue weighted by Gasteiger charge is -2.21.